The normalized spacial score (nSPS) is 13.0. The fourth-order valence-electron chi connectivity index (χ4n) is 6.76. The number of aliphatic hydroxyl groups excluding tert-OH is 2. The Labute approximate surface area is 334 Å². The van der Waals surface area contributed by atoms with Crippen LogP contribution in [0.15, 0.2) is 36.5 Å². The Kier molecular flexibility index (Phi) is 42.2. The van der Waals surface area contributed by atoms with Gasteiger partial charge in [-0.05, 0) is 57.8 Å². The van der Waals surface area contributed by atoms with Crippen molar-refractivity contribution in [2.75, 3.05) is 13.2 Å². The fraction of sp³-hybridized carbons (Fsp3) is 0.833. The van der Waals surface area contributed by atoms with Crippen LogP contribution in [0.5, 0.6) is 0 Å². The molecule has 0 aliphatic carbocycles. The summed E-state index contributed by atoms with van der Waals surface area (Å²) in [6.45, 7) is 4.79. The number of aliphatic hydroxyl groups is 2. The minimum Gasteiger partial charge on any atom is -0.466 e. The second kappa shape index (κ2) is 43.8. The zero-order valence-electron chi connectivity index (χ0n) is 35.7. The highest BCUT2D eigenvalue weighted by atomic mass is 16.5. The van der Waals surface area contributed by atoms with Crippen molar-refractivity contribution >= 4 is 11.9 Å². The molecule has 316 valence electrons. The highest BCUT2D eigenvalue weighted by Crippen LogP contribution is 2.15. The summed E-state index contributed by atoms with van der Waals surface area (Å²) in [5.74, 6) is -0.103. The van der Waals surface area contributed by atoms with Crippen LogP contribution in [0.25, 0.3) is 0 Å². The molecule has 0 fully saturated rings. The van der Waals surface area contributed by atoms with Gasteiger partial charge in [-0.15, -0.1) is 0 Å². The highest BCUT2D eigenvalue weighted by Gasteiger charge is 2.18. The summed E-state index contributed by atoms with van der Waals surface area (Å²) < 4.78 is 5.44. The van der Waals surface area contributed by atoms with Crippen molar-refractivity contribution in [1.82, 2.24) is 5.32 Å². The number of hydrogen-bond acceptors (Lipinski definition) is 5. The Bertz CT molecular complexity index is 884. The van der Waals surface area contributed by atoms with Crippen LogP contribution in [-0.4, -0.2) is 47.4 Å². The molecular formula is C48H89NO5. The van der Waals surface area contributed by atoms with Crippen LogP contribution in [0, 0.1) is 0 Å². The zero-order valence-corrected chi connectivity index (χ0v) is 35.7. The van der Waals surface area contributed by atoms with Crippen molar-refractivity contribution in [1.29, 1.82) is 0 Å². The van der Waals surface area contributed by atoms with Gasteiger partial charge in [-0.25, -0.2) is 0 Å². The van der Waals surface area contributed by atoms with Gasteiger partial charge < -0.3 is 20.3 Å². The SMILES string of the molecule is CCCC/C=C\C/C=C\CCCCCCCC(=O)OCCCCCCCCCCCCCCCCC(=O)NC(CO)C(O)/C=C/CCCCCCCCC. The van der Waals surface area contributed by atoms with Gasteiger partial charge in [0, 0.05) is 12.8 Å². The van der Waals surface area contributed by atoms with E-state index in [9.17, 15) is 19.8 Å². The molecule has 0 aromatic rings. The van der Waals surface area contributed by atoms with Gasteiger partial charge in [-0.2, -0.15) is 0 Å². The second-order valence-electron chi connectivity index (χ2n) is 15.7. The molecule has 0 spiro atoms. The summed E-state index contributed by atoms with van der Waals surface area (Å²) in [6.07, 6.45) is 51.3. The third kappa shape index (κ3) is 39.8. The van der Waals surface area contributed by atoms with Gasteiger partial charge in [-0.1, -0.05) is 198 Å². The summed E-state index contributed by atoms with van der Waals surface area (Å²) in [7, 11) is 0. The van der Waals surface area contributed by atoms with E-state index in [2.05, 4.69) is 43.5 Å². The monoisotopic (exact) mass is 760 g/mol. The lowest BCUT2D eigenvalue weighted by molar-refractivity contribution is -0.143. The molecule has 0 aromatic carbocycles. The number of unbranched alkanes of at least 4 members (excludes halogenated alkanes) is 27. The topological polar surface area (TPSA) is 95.9 Å². The van der Waals surface area contributed by atoms with Crippen molar-refractivity contribution in [2.45, 2.75) is 244 Å². The molecule has 0 saturated heterocycles. The molecule has 1 amide bonds. The summed E-state index contributed by atoms with van der Waals surface area (Å²) in [5, 5.41) is 22.9. The first-order valence-corrected chi connectivity index (χ1v) is 23.3. The fourth-order valence-corrected chi connectivity index (χ4v) is 6.76. The van der Waals surface area contributed by atoms with E-state index in [0.717, 1.165) is 64.2 Å². The quantitative estimate of drug-likeness (QED) is 0.0327. The molecule has 0 aliphatic rings. The second-order valence-corrected chi connectivity index (χ2v) is 15.7. The van der Waals surface area contributed by atoms with E-state index in [-0.39, 0.29) is 18.5 Å². The molecule has 0 aliphatic heterocycles. The van der Waals surface area contributed by atoms with Gasteiger partial charge in [-0.3, -0.25) is 9.59 Å². The Balaban J connectivity index is 3.46. The number of ether oxygens (including phenoxy) is 1. The first-order valence-electron chi connectivity index (χ1n) is 23.3. The van der Waals surface area contributed by atoms with Crippen molar-refractivity contribution in [3.05, 3.63) is 36.5 Å². The predicted octanol–water partition coefficient (Wildman–Crippen LogP) is 13.3. The lowest BCUT2D eigenvalue weighted by Gasteiger charge is -2.20. The Morgan fingerprint density at radius 3 is 1.46 bits per heavy atom. The number of rotatable bonds is 42. The largest absolute Gasteiger partial charge is 0.466 e. The number of carbonyl (C=O) groups is 2. The van der Waals surface area contributed by atoms with Gasteiger partial charge in [0.1, 0.15) is 0 Å². The minimum absolute atomic E-state index is 0.0194. The Hall–Kier alpha value is -1.92. The molecule has 54 heavy (non-hydrogen) atoms. The van der Waals surface area contributed by atoms with Gasteiger partial charge in [0.05, 0.1) is 25.4 Å². The Morgan fingerprint density at radius 1 is 0.519 bits per heavy atom. The molecular weight excluding hydrogens is 671 g/mol. The van der Waals surface area contributed by atoms with E-state index >= 15 is 0 Å². The van der Waals surface area contributed by atoms with E-state index in [4.69, 9.17) is 4.74 Å². The first-order chi connectivity index (χ1) is 26.5. The van der Waals surface area contributed by atoms with Crippen molar-refractivity contribution < 1.29 is 24.5 Å². The summed E-state index contributed by atoms with van der Waals surface area (Å²) in [6, 6.07) is -0.634. The summed E-state index contributed by atoms with van der Waals surface area (Å²) in [5.41, 5.74) is 0. The average Bonchev–Trinajstić information content (AvgIpc) is 3.17. The minimum atomic E-state index is -0.849. The maximum absolute atomic E-state index is 12.3. The maximum Gasteiger partial charge on any atom is 0.305 e. The van der Waals surface area contributed by atoms with Crippen LogP contribution in [0.4, 0.5) is 0 Å². The van der Waals surface area contributed by atoms with Crippen LogP contribution >= 0.6 is 0 Å². The number of hydrogen-bond donors (Lipinski definition) is 3. The first kappa shape index (κ1) is 52.1. The number of carbonyl (C=O) groups excluding carboxylic acids is 2. The summed E-state index contributed by atoms with van der Waals surface area (Å²) in [4.78, 5) is 24.3. The van der Waals surface area contributed by atoms with E-state index in [1.54, 1.807) is 6.08 Å². The van der Waals surface area contributed by atoms with Crippen molar-refractivity contribution in [3.63, 3.8) is 0 Å². The third-order valence-electron chi connectivity index (χ3n) is 10.4. The lowest BCUT2D eigenvalue weighted by Crippen LogP contribution is -2.45. The van der Waals surface area contributed by atoms with Gasteiger partial charge in [0.2, 0.25) is 5.91 Å². The molecule has 2 atom stereocenters. The van der Waals surface area contributed by atoms with Gasteiger partial charge in [0.25, 0.3) is 0 Å². The summed E-state index contributed by atoms with van der Waals surface area (Å²) >= 11 is 0. The van der Waals surface area contributed by atoms with Gasteiger partial charge in [0.15, 0.2) is 0 Å². The standard InChI is InChI=1S/C48H89NO5/c1-3-5-7-9-11-13-14-15-19-22-26-30-34-38-42-48(53)54-43-39-35-31-27-23-20-17-16-18-21-25-29-33-37-41-47(52)49-45(44-50)46(51)40-36-32-28-24-12-10-8-6-4-2/h9,11,14-15,36,40,45-46,50-51H,3-8,10,12-13,16-35,37-39,41-44H2,1-2H3,(H,49,52)/b11-9-,15-14-,40-36+. The molecule has 6 heteroatoms. The molecule has 0 bridgehead atoms. The third-order valence-corrected chi connectivity index (χ3v) is 10.4. The van der Waals surface area contributed by atoms with E-state index in [1.165, 1.54) is 141 Å². The number of allylic oxidation sites excluding steroid dienone is 5. The van der Waals surface area contributed by atoms with E-state index in [0.29, 0.717) is 19.4 Å². The predicted molar refractivity (Wildman–Crippen MR) is 232 cm³/mol. The molecule has 0 radical (unpaired) electrons. The molecule has 6 nitrogen and oxygen atoms in total. The molecule has 0 rings (SSSR count). The number of amides is 1. The van der Waals surface area contributed by atoms with Gasteiger partial charge >= 0.3 is 5.97 Å². The van der Waals surface area contributed by atoms with Crippen molar-refractivity contribution in [2.24, 2.45) is 0 Å². The zero-order chi connectivity index (χ0) is 39.4. The lowest BCUT2D eigenvalue weighted by atomic mass is 10.0. The number of esters is 1. The van der Waals surface area contributed by atoms with Crippen molar-refractivity contribution in [3.8, 4) is 0 Å². The number of nitrogens with one attached hydrogen (secondary N) is 1. The maximum atomic E-state index is 12.3. The molecule has 0 aromatic heterocycles. The van der Waals surface area contributed by atoms with E-state index < -0.39 is 12.1 Å². The smallest absolute Gasteiger partial charge is 0.305 e. The van der Waals surface area contributed by atoms with Crippen LogP contribution in [0.3, 0.4) is 0 Å². The molecule has 2 unspecified atom stereocenters. The molecule has 3 N–H and O–H groups in total. The highest BCUT2D eigenvalue weighted by molar-refractivity contribution is 5.76. The average molecular weight is 760 g/mol. The molecule has 0 saturated carbocycles. The van der Waals surface area contributed by atoms with Crippen LogP contribution in [-0.2, 0) is 14.3 Å². The van der Waals surface area contributed by atoms with Crippen LogP contribution < -0.4 is 5.32 Å². The molecule has 0 heterocycles. The van der Waals surface area contributed by atoms with Crippen LogP contribution in [0.1, 0.15) is 232 Å². The van der Waals surface area contributed by atoms with Crippen LogP contribution in [0.2, 0.25) is 0 Å². The Morgan fingerprint density at radius 2 is 0.944 bits per heavy atom. The van der Waals surface area contributed by atoms with E-state index in [1.807, 2.05) is 6.08 Å².